The van der Waals surface area contributed by atoms with Crippen molar-refractivity contribution < 1.29 is 13.2 Å². The Hall–Kier alpha value is -1.83. The Morgan fingerprint density at radius 2 is 1.70 bits per heavy atom. The smallest absolute Gasteiger partial charge is 0.304 e. The molecule has 0 bridgehead atoms. The van der Waals surface area contributed by atoms with E-state index in [0.717, 1.165) is 17.7 Å². The molecular weight excluding hydrogens is 418 g/mol. The second-order valence-corrected chi connectivity index (χ2v) is 6.29. The van der Waals surface area contributed by atoms with Gasteiger partial charge in [0, 0.05) is 15.0 Å². The minimum absolute atomic E-state index is 0.231. The highest BCUT2D eigenvalue weighted by atomic mass is 127. The van der Waals surface area contributed by atoms with Crippen molar-refractivity contribution in [1.29, 1.82) is 0 Å². The van der Waals surface area contributed by atoms with Crippen LogP contribution in [0.3, 0.4) is 0 Å². The van der Waals surface area contributed by atoms with Gasteiger partial charge in [0.25, 0.3) is 5.56 Å². The highest BCUT2D eigenvalue weighted by Crippen LogP contribution is 2.32. The molecule has 0 radical (unpaired) electrons. The van der Waals surface area contributed by atoms with Crippen LogP contribution in [0.2, 0.25) is 0 Å². The van der Waals surface area contributed by atoms with Crippen molar-refractivity contribution in [3.05, 3.63) is 79.6 Å². The number of rotatable bonds is 2. The van der Waals surface area contributed by atoms with E-state index in [-0.39, 0.29) is 5.56 Å². The summed E-state index contributed by atoms with van der Waals surface area (Å²) in [4.78, 5) is 12.3. The van der Waals surface area contributed by atoms with E-state index in [9.17, 15) is 18.0 Å². The van der Waals surface area contributed by atoms with Crippen LogP contribution in [0.25, 0.3) is 10.9 Å². The molecule has 0 unspecified atom stereocenters. The summed E-state index contributed by atoms with van der Waals surface area (Å²) < 4.78 is 40.7. The zero-order valence-corrected chi connectivity index (χ0v) is 13.9. The first kappa shape index (κ1) is 16.0. The largest absolute Gasteiger partial charge is 0.416 e. The molecule has 3 aromatic rings. The van der Waals surface area contributed by atoms with Gasteiger partial charge >= 0.3 is 6.18 Å². The van der Waals surface area contributed by atoms with E-state index in [1.54, 1.807) is 0 Å². The molecular formula is C17H11F3INO. The van der Waals surface area contributed by atoms with E-state index in [4.69, 9.17) is 0 Å². The number of fused-ring (bicyclic) bond motifs is 1. The van der Waals surface area contributed by atoms with Gasteiger partial charge in [-0.15, -0.1) is 0 Å². The third-order valence-corrected chi connectivity index (χ3v) is 4.46. The van der Waals surface area contributed by atoms with Crippen LogP contribution in [0, 0.1) is 3.57 Å². The Balaban J connectivity index is 2.20. The Bertz CT molecular complexity index is 917. The molecule has 2 nitrogen and oxygen atoms in total. The molecule has 0 aliphatic heterocycles. The zero-order chi connectivity index (χ0) is 16.6. The number of halogens is 4. The molecule has 3 rings (SSSR count). The summed E-state index contributed by atoms with van der Waals surface area (Å²) in [7, 11) is 0. The fourth-order valence-corrected chi connectivity index (χ4v) is 3.15. The van der Waals surface area contributed by atoms with Crippen LogP contribution in [0.4, 0.5) is 13.2 Å². The van der Waals surface area contributed by atoms with Gasteiger partial charge in [-0.1, -0.05) is 30.3 Å². The van der Waals surface area contributed by atoms with Crippen LogP contribution in [0.1, 0.15) is 11.1 Å². The Morgan fingerprint density at radius 1 is 1.00 bits per heavy atom. The second kappa shape index (κ2) is 5.99. The monoisotopic (exact) mass is 429 g/mol. The molecule has 118 valence electrons. The molecule has 0 amide bonds. The minimum Gasteiger partial charge on any atom is -0.304 e. The molecule has 1 aromatic heterocycles. The lowest BCUT2D eigenvalue weighted by Crippen LogP contribution is -2.21. The van der Waals surface area contributed by atoms with Crippen molar-refractivity contribution in [2.24, 2.45) is 0 Å². The molecule has 0 N–H and O–H groups in total. The normalized spacial score (nSPS) is 11.8. The van der Waals surface area contributed by atoms with E-state index in [1.165, 1.54) is 16.7 Å². The van der Waals surface area contributed by atoms with Crippen molar-refractivity contribution in [2.45, 2.75) is 12.7 Å². The number of benzene rings is 2. The van der Waals surface area contributed by atoms with Crippen molar-refractivity contribution in [3.8, 4) is 0 Å². The first-order valence-electron chi connectivity index (χ1n) is 6.80. The van der Waals surface area contributed by atoms with Crippen LogP contribution >= 0.6 is 22.6 Å². The first-order valence-corrected chi connectivity index (χ1v) is 7.88. The fraction of sp³-hybridized carbons (Fsp3) is 0.118. The third kappa shape index (κ3) is 3.26. The minimum atomic E-state index is -4.41. The van der Waals surface area contributed by atoms with Gasteiger partial charge in [-0.2, -0.15) is 13.2 Å². The molecule has 23 heavy (non-hydrogen) atoms. The van der Waals surface area contributed by atoms with Gasteiger partial charge in [0.05, 0.1) is 17.6 Å². The summed E-state index contributed by atoms with van der Waals surface area (Å²) in [5.74, 6) is 0. The Kier molecular flexibility index (Phi) is 4.18. The van der Waals surface area contributed by atoms with Crippen LogP contribution < -0.4 is 5.56 Å². The molecule has 2 aromatic carbocycles. The van der Waals surface area contributed by atoms with Crippen LogP contribution in [0.5, 0.6) is 0 Å². The molecule has 0 aliphatic carbocycles. The lowest BCUT2D eigenvalue weighted by molar-refractivity contribution is -0.137. The summed E-state index contributed by atoms with van der Waals surface area (Å²) in [5, 5.41) is 0.427. The van der Waals surface area contributed by atoms with Crippen molar-refractivity contribution in [1.82, 2.24) is 4.57 Å². The van der Waals surface area contributed by atoms with Gasteiger partial charge in [0.15, 0.2) is 0 Å². The average molecular weight is 429 g/mol. The predicted molar refractivity (Wildman–Crippen MR) is 91.5 cm³/mol. The summed E-state index contributed by atoms with van der Waals surface area (Å²) >= 11 is 1.90. The van der Waals surface area contributed by atoms with Crippen LogP contribution in [0.15, 0.2) is 59.4 Å². The maximum absolute atomic E-state index is 12.9. The van der Waals surface area contributed by atoms with E-state index in [0.29, 0.717) is 21.0 Å². The van der Waals surface area contributed by atoms with Gasteiger partial charge in [-0.05, 0) is 46.4 Å². The molecule has 1 heterocycles. The summed E-state index contributed by atoms with van der Waals surface area (Å²) in [6.45, 7) is 0.318. The molecule has 0 saturated carbocycles. The van der Waals surface area contributed by atoms with Gasteiger partial charge in [0.2, 0.25) is 0 Å². The standard InChI is InChI=1S/C17H11F3INO/c18-17(19,20)12-6-7-15-13(8-12)14(21)9-16(23)22(15)10-11-4-2-1-3-5-11/h1-9H,10H2. The number of aromatic nitrogens is 1. The maximum atomic E-state index is 12.9. The number of hydrogen-bond acceptors (Lipinski definition) is 1. The topological polar surface area (TPSA) is 22.0 Å². The van der Waals surface area contributed by atoms with Crippen molar-refractivity contribution in [2.75, 3.05) is 0 Å². The quantitative estimate of drug-likeness (QED) is 0.543. The number of nitrogens with zero attached hydrogens (tertiary/aromatic N) is 1. The van der Waals surface area contributed by atoms with Gasteiger partial charge in [-0.3, -0.25) is 4.79 Å². The van der Waals surface area contributed by atoms with E-state index >= 15 is 0 Å². The summed E-state index contributed by atoms with van der Waals surface area (Å²) in [6.07, 6.45) is -4.41. The zero-order valence-electron chi connectivity index (χ0n) is 11.8. The highest BCUT2D eigenvalue weighted by Gasteiger charge is 2.30. The molecule has 0 saturated heterocycles. The average Bonchev–Trinajstić information content (AvgIpc) is 2.51. The lowest BCUT2D eigenvalue weighted by Gasteiger charge is -2.14. The number of alkyl halides is 3. The molecule has 0 aliphatic rings. The number of hydrogen-bond donors (Lipinski definition) is 0. The maximum Gasteiger partial charge on any atom is 0.416 e. The molecule has 0 atom stereocenters. The van der Waals surface area contributed by atoms with E-state index in [2.05, 4.69) is 0 Å². The van der Waals surface area contributed by atoms with E-state index < -0.39 is 11.7 Å². The second-order valence-electron chi connectivity index (χ2n) is 5.13. The Labute approximate surface area is 143 Å². The number of pyridine rings is 1. The first-order chi connectivity index (χ1) is 10.9. The molecule has 6 heteroatoms. The fourth-order valence-electron chi connectivity index (χ4n) is 2.45. The molecule has 0 spiro atoms. The van der Waals surface area contributed by atoms with Crippen LogP contribution in [-0.2, 0) is 12.7 Å². The van der Waals surface area contributed by atoms with Gasteiger partial charge in [0.1, 0.15) is 0 Å². The highest BCUT2D eigenvalue weighted by molar-refractivity contribution is 14.1. The summed E-state index contributed by atoms with van der Waals surface area (Å²) in [6, 6.07) is 14.2. The summed E-state index contributed by atoms with van der Waals surface area (Å²) in [5.41, 5.74) is 0.467. The third-order valence-electron chi connectivity index (χ3n) is 3.57. The van der Waals surface area contributed by atoms with E-state index in [1.807, 2.05) is 52.9 Å². The van der Waals surface area contributed by atoms with Crippen molar-refractivity contribution >= 4 is 33.5 Å². The lowest BCUT2D eigenvalue weighted by atomic mass is 10.1. The predicted octanol–water partition coefficient (Wildman–Crippen LogP) is 4.67. The SMILES string of the molecule is O=c1cc(I)c2cc(C(F)(F)F)ccc2n1Cc1ccccc1. The van der Waals surface area contributed by atoms with Crippen LogP contribution in [-0.4, -0.2) is 4.57 Å². The Morgan fingerprint density at radius 3 is 2.35 bits per heavy atom. The van der Waals surface area contributed by atoms with Crippen molar-refractivity contribution in [3.63, 3.8) is 0 Å². The van der Waals surface area contributed by atoms with Gasteiger partial charge in [-0.25, -0.2) is 0 Å². The van der Waals surface area contributed by atoms with Gasteiger partial charge < -0.3 is 4.57 Å². The molecule has 0 fully saturated rings.